The number of carbonyl (C=O) groups excluding carboxylic acids is 1. The summed E-state index contributed by atoms with van der Waals surface area (Å²) in [7, 11) is 1.49. The van der Waals surface area contributed by atoms with Crippen molar-refractivity contribution in [2.24, 2.45) is 12.2 Å². The fraction of sp³-hybridized carbons (Fsp3) is 0.136. The lowest BCUT2D eigenvalue weighted by Crippen LogP contribution is -2.14. The van der Waals surface area contributed by atoms with Crippen LogP contribution < -0.4 is 5.32 Å². The van der Waals surface area contributed by atoms with E-state index in [1.165, 1.54) is 17.9 Å². The molecule has 0 unspecified atom stereocenters. The molecule has 0 aliphatic heterocycles. The van der Waals surface area contributed by atoms with Gasteiger partial charge in [-0.1, -0.05) is 60.3 Å². The van der Waals surface area contributed by atoms with E-state index in [9.17, 15) is 13.6 Å². The van der Waals surface area contributed by atoms with Gasteiger partial charge in [0.2, 0.25) is 0 Å². The van der Waals surface area contributed by atoms with Crippen LogP contribution in [0.25, 0.3) is 11.1 Å². The predicted molar refractivity (Wildman–Crippen MR) is 112 cm³/mol. The molecule has 154 valence electrons. The molecule has 0 aliphatic carbocycles. The molecule has 2 aromatic carbocycles. The minimum atomic E-state index is -2.84. The Hall–Kier alpha value is -3.81. The van der Waals surface area contributed by atoms with Gasteiger partial charge in [0, 0.05) is 24.5 Å². The number of hydrogen-bond donors (Lipinski definition) is 1. The second-order valence-electron chi connectivity index (χ2n) is 6.34. The van der Waals surface area contributed by atoms with Gasteiger partial charge < -0.3 is 10.2 Å². The predicted octanol–water partition coefficient (Wildman–Crippen LogP) is 4.81. The quantitative estimate of drug-likeness (QED) is 0.251. The van der Waals surface area contributed by atoms with E-state index in [2.05, 4.69) is 22.2 Å². The normalized spacial score (nSPS) is 11.1. The number of halogens is 2. The number of para-hydroxylation sites is 1. The number of aromatic nitrogens is 2. The van der Waals surface area contributed by atoms with Crippen LogP contribution in [0.15, 0.2) is 72.5 Å². The highest BCUT2D eigenvalue weighted by atomic mass is 19.3. The third-order valence-corrected chi connectivity index (χ3v) is 4.17. The smallest absolute Gasteiger partial charge is 0.282 e. The van der Waals surface area contributed by atoms with E-state index in [1.807, 2.05) is 36.4 Å². The van der Waals surface area contributed by atoms with E-state index < -0.39 is 18.0 Å². The molecule has 0 saturated carbocycles. The number of anilines is 1. The van der Waals surface area contributed by atoms with Gasteiger partial charge in [-0.05, 0) is 17.2 Å². The van der Waals surface area contributed by atoms with Gasteiger partial charge in [-0.25, -0.2) is 8.78 Å². The number of amides is 1. The van der Waals surface area contributed by atoms with E-state index in [4.69, 9.17) is 4.84 Å². The van der Waals surface area contributed by atoms with Crippen LogP contribution in [0.5, 0.6) is 0 Å². The van der Waals surface area contributed by atoms with Crippen molar-refractivity contribution in [2.75, 3.05) is 11.9 Å². The van der Waals surface area contributed by atoms with Gasteiger partial charge in [-0.15, -0.1) is 0 Å². The summed E-state index contributed by atoms with van der Waals surface area (Å²) in [5.74, 6) is -0.644. The molecule has 1 N–H and O–H groups in total. The fourth-order valence-corrected chi connectivity index (χ4v) is 2.82. The molecular formula is C22H20F2N4O2. The lowest BCUT2D eigenvalue weighted by Gasteiger charge is -2.11. The molecule has 1 heterocycles. The number of nitrogens with zero attached hydrogens (tertiary/aromatic N) is 3. The first-order valence-corrected chi connectivity index (χ1v) is 9.08. The Kier molecular flexibility index (Phi) is 6.69. The van der Waals surface area contributed by atoms with Crippen molar-refractivity contribution in [3.8, 4) is 11.1 Å². The lowest BCUT2D eigenvalue weighted by molar-refractivity contribution is 0.101. The Labute approximate surface area is 172 Å². The molecule has 8 heteroatoms. The Balaban J connectivity index is 1.82. The molecule has 0 saturated heterocycles. The van der Waals surface area contributed by atoms with E-state index in [1.54, 1.807) is 24.4 Å². The molecule has 1 amide bonds. The Morgan fingerprint density at radius 1 is 1.27 bits per heavy atom. The standard InChI is InChI=1S/C22H20F2N4O2/c1-3-12-30-25-13-15-8-10-16(11-9-15)17-6-4-5-7-19(17)26-22(29)18-14-28(2)27-20(18)21(23)24/h3-11,13-14,21H,1,12H2,2H3,(H,26,29)/b25-13-. The number of aryl methyl sites for hydroxylation is 1. The average Bonchev–Trinajstić information content (AvgIpc) is 3.14. The molecule has 0 radical (unpaired) electrons. The summed E-state index contributed by atoms with van der Waals surface area (Å²) in [6.07, 6.45) is 1.62. The second kappa shape index (κ2) is 9.60. The molecule has 0 atom stereocenters. The third-order valence-electron chi connectivity index (χ3n) is 4.17. The van der Waals surface area contributed by atoms with Gasteiger partial charge in [-0.3, -0.25) is 9.48 Å². The highest BCUT2D eigenvalue weighted by molar-refractivity contribution is 6.07. The van der Waals surface area contributed by atoms with E-state index in [-0.39, 0.29) is 5.56 Å². The zero-order chi connectivity index (χ0) is 21.5. The third kappa shape index (κ3) is 4.96. The fourth-order valence-electron chi connectivity index (χ4n) is 2.82. The van der Waals surface area contributed by atoms with E-state index >= 15 is 0 Å². The molecule has 1 aromatic heterocycles. The summed E-state index contributed by atoms with van der Waals surface area (Å²) >= 11 is 0. The zero-order valence-corrected chi connectivity index (χ0v) is 16.3. The van der Waals surface area contributed by atoms with Crippen LogP contribution in [0.2, 0.25) is 0 Å². The molecular weight excluding hydrogens is 390 g/mol. The first-order valence-electron chi connectivity index (χ1n) is 9.08. The number of rotatable bonds is 8. The maximum absolute atomic E-state index is 13.2. The highest BCUT2D eigenvalue weighted by Gasteiger charge is 2.23. The molecule has 0 fully saturated rings. The zero-order valence-electron chi connectivity index (χ0n) is 16.3. The van der Waals surface area contributed by atoms with Gasteiger partial charge in [0.25, 0.3) is 12.3 Å². The minimum absolute atomic E-state index is 0.159. The summed E-state index contributed by atoms with van der Waals surface area (Å²) in [6.45, 7) is 3.87. The van der Waals surface area contributed by atoms with Gasteiger partial charge in [0.15, 0.2) is 0 Å². The molecule has 3 aromatic rings. The topological polar surface area (TPSA) is 68.5 Å². The largest absolute Gasteiger partial charge is 0.392 e. The summed E-state index contributed by atoms with van der Waals surface area (Å²) in [5, 5.41) is 10.2. The first kappa shape index (κ1) is 20.9. The van der Waals surface area contributed by atoms with Crippen molar-refractivity contribution in [3.63, 3.8) is 0 Å². The van der Waals surface area contributed by atoms with E-state index in [0.717, 1.165) is 16.7 Å². The first-order chi connectivity index (χ1) is 14.5. The Morgan fingerprint density at radius 2 is 2.00 bits per heavy atom. The number of nitrogens with one attached hydrogen (secondary N) is 1. The van der Waals surface area contributed by atoms with Crippen molar-refractivity contribution < 1.29 is 18.4 Å². The van der Waals surface area contributed by atoms with Crippen LogP contribution in [-0.2, 0) is 11.9 Å². The van der Waals surface area contributed by atoms with Gasteiger partial charge in [0.05, 0.1) is 11.8 Å². The SMILES string of the molecule is C=CCO/N=C\c1ccc(-c2ccccc2NC(=O)c2cn(C)nc2C(F)F)cc1. The minimum Gasteiger partial charge on any atom is -0.392 e. The summed E-state index contributed by atoms with van der Waals surface area (Å²) in [4.78, 5) is 17.6. The summed E-state index contributed by atoms with van der Waals surface area (Å²) in [5.41, 5.74) is 2.22. The van der Waals surface area contributed by atoms with Crippen molar-refractivity contribution in [2.45, 2.75) is 6.43 Å². The van der Waals surface area contributed by atoms with Crippen molar-refractivity contribution >= 4 is 17.8 Å². The summed E-state index contributed by atoms with van der Waals surface area (Å²) in [6, 6.07) is 14.6. The maximum atomic E-state index is 13.2. The van der Waals surface area contributed by atoms with Crippen LogP contribution in [-0.4, -0.2) is 28.5 Å². The molecule has 6 nitrogen and oxygen atoms in total. The number of alkyl halides is 2. The average molecular weight is 410 g/mol. The number of hydrogen-bond acceptors (Lipinski definition) is 4. The van der Waals surface area contributed by atoms with Crippen molar-refractivity contribution in [1.29, 1.82) is 0 Å². The number of carbonyl (C=O) groups is 1. The van der Waals surface area contributed by atoms with E-state index in [0.29, 0.717) is 12.3 Å². The maximum Gasteiger partial charge on any atom is 0.282 e. The Bertz CT molecular complexity index is 1060. The van der Waals surface area contributed by atoms with Crippen molar-refractivity contribution in [1.82, 2.24) is 9.78 Å². The molecule has 3 rings (SSSR count). The van der Waals surface area contributed by atoms with Crippen LogP contribution in [0, 0.1) is 0 Å². The molecule has 0 spiro atoms. The lowest BCUT2D eigenvalue weighted by atomic mass is 10.0. The monoisotopic (exact) mass is 410 g/mol. The van der Waals surface area contributed by atoms with Crippen LogP contribution in [0.4, 0.5) is 14.5 Å². The molecule has 0 aliphatic rings. The Morgan fingerprint density at radius 3 is 2.70 bits per heavy atom. The van der Waals surface area contributed by atoms with Gasteiger partial charge in [0.1, 0.15) is 12.3 Å². The number of oxime groups is 1. The van der Waals surface area contributed by atoms with Crippen LogP contribution >= 0.6 is 0 Å². The second-order valence-corrected chi connectivity index (χ2v) is 6.34. The van der Waals surface area contributed by atoms with Gasteiger partial charge >= 0.3 is 0 Å². The highest BCUT2D eigenvalue weighted by Crippen LogP contribution is 2.29. The number of benzene rings is 2. The van der Waals surface area contributed by atoms with Gasteiger partial charge in [-0.2, -0.15) is 5.10 Å². The summed E-state index contributed by atoms with van der Waals surface area (Å²) < 4.78 is 27.5. The van der Waals surface area contributed by atoms with Crippen LogP contribution in [0.1, 0.15) is 28.0 Å². The van der Waals surface area contributed by atoms with Crippen LogP contribution in [0.3, 0.4) is 0 Å². The molecule has 0 bridgehead atoms. The van der Waals surface area contributed by atoms with Crippen molar-refractivity contribution in [3.05, 3.63) is 84.2 Å². The molecule has 30 heavy (non-hydrogen) atoms.